The van der Waals surface area contributed by atoms with E-state index < -0.39 is 5.60 Å². The Hall–Kier alpha value is -2.41. The molecule has 3 aliphatic rings. The number of fused-ring (bicyclic) bond motifs is 4. The normalized spacial score (nSPS) is 23.5. The van der Waals surface area contributed by atoms with Gasteiger partial charge in [0.2, 0.25) is 0 Å². The summed E-state index contributed by atoms with van der Waals surface area (Å²) in [5.74, 6) is 0. The van der Waals surface area contributed by atoms with Crippen LogP contribution in [0.4, 0.5) is 4.79 Å². The number of H-pyrrole nitrogens is 1. The molecule has 0 atom stereocenters. The second kappa shape index (κ2) is 7.69. The van der Waals surface area contributed by atoms with Gasteiger partial charge >= 0.3 is 6.09 Å². The molecule has 0 radical (unpaired) electrons. The lowest BCUT2D eigenvalue weighted by molar-refractivity contribution is -0.132. The van der Waals surface area contributed by atoms with Crippen molar-refractivity contribution in [3.63, 3.8) is 0 Å². The molecule has 2 aliphatic heterocycles. The lowest BCUT2D eigenvalue weighted by Crippen LogP contribution is -2.61. The van der Waals surface area contributed by atoms with Crippen LogP contribution in [-0.2, 0) is 15.9 Å². The van der Waals surface area contributed by atoms with E-state index in [0.717, 1.165) is 36.8 Å². The van der Waals surface area contributed by atoms with E-state index >= 15 is 0 Å². The van der Waals surface area contributed by atoms with Crippen molar-refractivity contribution in [3.8, 4) is 0 Å². The molecule has 5 rings (SSSR count). The largest absolute Gasteiger partial charge is 0.444 e. The number of amides is 1. The zero-order valence-corrected chi connectivity index (χ0v) is 18.3. The van der Waals surface area contributed by atoms with Crippen LogP contribution >= 0.6 is 0 Å². The van der Waals surface area contributed by atoms with Gasteiger partial charge in [-0.15, -0.1) is 0 Å². The van der Waals surface area contributed by atoms with Crippen LogP contribution in [-0.4, -0.2) is 51.4 Å². The summed E-state index contributed by atoms with van der Waals surface area (Å²) in [6.45, 7) is 8.46. The number of aromatic nitrogens is 2. The number of ether oxygens (including phenoxy) is 2. The van der Waals surface area contributed by atoms with E-state index in [0.29, 0.717) is 36.9 Å². The second-order valence-electron chi connectivity index (χ2n) is 9.58. The van der Waals surface area contributed by atoms with E-state index in [1.807, 2.05) is 43.9 Å². The zero-order chi connectivity index (χ0) is 21.5. The fourth-order valence-corrected chi connectivity index (χ4v) is 4.59. The molecular weight excluding hydrogens is 382 g/mol. The first kappa shape index (κ1) is 20.8. The first-order valence-electron chi connectivity index (χ1n) is 10.8. The SMILES string of the molecule is Cc1nc2c(CCN(C(=O)OC(C)(C)C)C34CCC(CC3)OC4)cccc2[nH]c1=O. The number of aryl methyl sites for hydroxylation is 1. The van der Waals surface area contributed by atoms with Crippen molar-refractivity contribution in [1.82, 2.24) is 14.9 Å². The first-order valence-corrected chi connectivity index (χ1v) is 10.8. The summed E-state index contributed by atoms with van der Waals surface area (Å²) in [6.07, 6.45) is 4.51. The van der Waals surface area contributed by atoms with Gasteiger partial charge in [-0.1, -0.05) is 12.1 Å². The number of rotatable bonds is 4. The predicted octanol–water partition coefficient (Wildman–Crippen LogP) is 3.72. The highest BCUT2D eigenvalue weighted by Gasteiger charge is 2.48. The van der Waals surface area contributed by atoms with Gasteiger partial charge in [-0.3, -0.25) is 9.69 Å². The Morgan fingerprint density at radius 2 is 2.07 bits per heavy atom. The Morgan fingerprint density at radius 3 is 2.70 bits per heavy atom. The molecular formula is C23H31N3O4. The molecule has 2 bridgehead atoms. The van der Waals surface area contributed by atoms with Crippen molar-refractivity contribution in [2.45, 2.75) is 77.0 Å². The van der Waals surface area contributed by atoms with Gasteiger partial charge in [0, 0.05) is 6.54 Å². The fourth-order valence-electron chi connectivity index (χ4n) is 4.59. The van der Waals surface area contributed by atoms with Crippen LogP contribution in [0, 0.1) is 6.92 Å². The fraction of sp³-hybridized carbons (Fsp3) is 0.609. The summed E-state index contributed by atoms with van der Waals surface area (Å²) < 4.78 is 11.8. The molecule has 30 heavy (non-hydrogen) atoms. The molecule has 3 heterocycles. The number of carbonyl (C=O) groups is 1. The van der Waals surface area contributed by atoms with E-state index in [1.165, 1.54) is 0 Å². The average Bonchev–Trinajstić information content (AvgIpc) is 2.69. The van der Waals surface area contributed by atoms with Crippen LogP contribution in [0.15, 0.2) is 23.0 Å². The van der Waals surface area contributed by atoms with Crippen LogP contribution in [0.2, 0.25) is 0 Å². The van der Waals surface area contributed by atoms with Crippen LogP contribution < -0.4 is 5.56 Å². The highest BCUT2D eigenvalue weighted by atomic mass is 16.6. The summed E-state index contributed by atoms with van der Waals surface area (Å²) in [4.78, 5) is 34.4. The second-order valence-corrected chi connectivity index (χ2v) is 9.58. The third-order valence-corrected chi connectivity index (χ3v) is 6.22. The minimum atomic E-state index is -0.559. The van der Waals surface area contributed by atoms with E-state index in [-0.39, 0.29) is 17.2 Å². The Morgan fingerprint density at radius 1 is 1.33 bits per heavy atom. The van der Waals surface area contributed by atoms with Gasteiger partial charge in [0.25, 0.3) is 5.56 Å². The Kier molecular flexibility index (Phi) is 5.34. The highest BCUT2D eigenvalue weighted by Crippen LogP contribution is 2.41. The van der Waals surface area contributed by atoms with E-state index in [2.05, 4.69) is 9.97 Å². The van der Waals surface area contributed by atoms with Crippen LogP contribution in [0.3, 0.4) is 0 Å². The maximum absolute atomic E-state index is 13.2. The molecule has 162 valence electrons. The zero-order valence-electron chi connectivity index (χ0n) is 18.3. The molecule has 7 heteroatoms. The molecule has 1 N–H and O–H groups in total. The number of nitrogens with one attached hydrogen (secondary N) is 1. The molecule has 3 fully saturated rings. The summed E-state index contributed by atoms with van der Waals surface area (Å²) in [6, 6.07) is 5.77. The molecule has 1 amide bonds. The van der Waals surface area contributed by atoms with Crippen LogP contribution in [0.1, 0.15) is 57.7 Å². The van der Waals surface area contributed by atoms with Crippen LogP contribution in [0.25, 0.3) is 11.0 Å². The molecule has 0 unspecified atom stereocenters. The van der Waals surface area contributed by atoms with Crippen LogP contribution in [0.5, 0.6) is 0 Å². The lowest BCUT2D eigenvalue weighted by atomic mass is 9.77. The number of hydrogen-bond donors (Lipinski definition) is 1. The van der Waals surface area contributed by atoms with Crippen molar-refractivity contribution in [2.24, 2.45) is 0 Å². The minimum Gasteiger partial charge on any atom is -0.444 e. The van der Waals surface area contributed by atoms with E-state index in [9.17, 15) is 9.59 Å². The Bertz CT molecular complexity index is 986. The molecule has 0 spiro atoms. The van der Waals surface area contributed by atoms with Crippen molar-refractivity contribution in [2.75, 3.05) is 13.2 Å². The molecule has 1 saturated carbocycles. The highest BCUT2D eigenvalue weighted by molar-refractivity contribution is 5.78. The molecule has 2 saturated heterocycles. The van der Waals surface area contributed by atoms with Crippen molar-refractivity contribution < 1.29 is 14.3 Å². The van der Waals surface area contributed by atoms with Crippen molar-refractivity contribution in [3.05, 3.63) is 39.8 Å². The van der Waals surface area contributed by atoms with E-state index in [1.54, 1.807) is 6.92 Å². The Balaban J connectivity index is 1.63. The molecule has 7 nitrogen and oxygen atoms in total. The molecule has 1 aromatic carbocycles. The topological polar surface area (TPSA) is 84.5 Å². The average molecular weight is 414 g/mol. The monoisotopic (exact) mass is 413 g/mol. The van der Waals surface area contributed by atoms with E-state index in [4.69, 9.17) is 9.47 Å². The summed E-state index contributed by atoms with van der Waals surface area (Å²) >= 11 is 0. The summed E-state index contributed by atoms with van der Waals surface area (Å²) in [5.41, 5.74) is 1.89. The number of carbonyl (C=O) groups excluding carboxylic acids is 1. The minimum absolute atomic E-state index is 0.176. The molecule has 1 aliphatic carbocycles. The third kappa shape index (κ3) is 4.08. The first-order chi connectivity index (χ1) is 14.2. The number of nitrogens with zero attached hydrogens (tertiary/aromatic N) is 2. The van der Waals surface area contributed by atoms with Gasteiger partial charge in [-0.05, 0) is 71.4 Å². The number of hydrogen-bond acceptors (Lipinski definition) is 5. The number of aromatic amines is 1. The lowest BCUT2D eigenvalue weighted by Gasteiger charge is -2.52. The Labute approximate surface area is 176 Å². The van der Waals surface area contributed by atoms with Gasteiger partial charge in [0.15, 0.2) is 0 Å². The third-order valence-electron chi connectivity index (χ3n) is 6.22. The quantitative estimate of drug-likeness (QED) is 0.826. The smallest absolute Gasteiger partial charge is 0.410 e. The number of benzene rings is 1. The maximum Gasteiger partial charge on any atom is 0.410 e. The predicted molar refractivity (Wildman–Crippen MR) is 115 cm³/mol. The molecule has 1 aromatic heterocycles. The van der Waals surface area contributed by atoms with Gasteiger partial charge in [0.05, 0.1) is 29.3 Å². The summed E-state index contributed by atoms with van der Waals surface area (Å²) in [5, 5.41) is 0. The standard InChI is InChI=1S/C23H31N3O4/c1-15-20(27)25-18-7-5-6-16(19(18)24-15)10-13-26(21(28)30-22(2,3)4)23-11-8-17(9-12-23)29-14-23/h5-7,17H,8-14H2,1-4H3,(H,25,27). The van der Waals surface area contributed by atoms with Gasteiger partial charge < -0.3 is 14.5 Å². The number of para-hydroxylation sites is 1. The van der Waals surface area contributed by atoms with Gasteiger partial charge in [0.1, 0.15) is 11.3 Å². The molecule has 2 aromatic rings. The maximum atomic E-state index is 13.2. The van der Waals surface area contributed by atoms with Gasteiger partial charge in [-0.25, -0.2) is 9.78 Å². The summed E-state index contributed by atoms with van der Waals surface area (Å²) in [7, 11) is 0. The van der Waals surface area contributed by atoms with Crippen molar-refractivity contribution >= 4 is 17.1 Å². The van der Waals surface area contributed by atoms with Gasteiger partial charge in [-0.2, -0.15) is 0 Å². The van der Waals surface area contributed by atoms with Crippen molar-refractivity contribution in [1.29, 1.82) is 0 Å².